The Morgan fingerprint density at radius 1 is 0.931 bits per heavy atom. The van der Waals surface area contributed by atoms with Crippen LogP contribution < -0.4 is 9.46 Å². The predicted octanol–water partition coefficient (Wildman–Crippen LogP) is 4.75. The lowest BCUT2D eigenvalue weighted by Crippen LogP contribution is -2.09. The fourth-order valence-corrected chi connectivity index (χ4v) is 4.44. The van der Waals surface area contributed by atoms with Crippen molar-refractivity contribution in [2.24, 2.45) is 0 Å². The third kappa shape index (κ3) is 4.20. The van der Waals surface area contributed by atoms with Crippen LogP contribution in [0.3, 0.4) is 0 Å². The van der Waals surface area contributed by atoms with Crippen molar-refractivity contribution in [3.8, 4) is 5.75 Å². The number of benzene rings is 3. The van der Waals surface area contributed by atoms with Crippen molar-refractivity contribution in [1.29, 1.82) is 0 Å². The zero-order chi connectivity index (χ0) is 20.4. The maximum absolute atomic E-state index is 11.6. The van der Waals surface area contributed by atoms with Crippen molar-refractivity contribution in [3.63, 3.8) is 0 Å². The van der Waals surface area contributed by atoms with Gasteiger partial charge in [-0.25, -0.2) is 8.42 Å². The van der Waals surface area contributed by atoms with E-state index in [-0.39, 0.29) is 0 Å². The second-order valence-corrected chi connectivity index (χ2v) is 8.96. The van der Waals surface area contributed by atoms with Gasteiger partial charge < -0.3 is 4.74 Å². The highest BCUT2D eigenvalue weighted by Gasteiger charge is 2.21. The van der Waals surface area contributed by atoms with Crippen LogP contribution in [0.15, 0.2) is 66.7 Å². The third-order valence-electron chi connectivity index (χ3n) is 5.07. The summed E-state index contributed by atoms with van der Waals surface area (Å²) < 4.78 is 31.5. The maximum atomic E-state index is 11.6. The summed E-state index contributed by atoms with van der Waals surface area (Å²) in [6, 6.07) is 22.0. The fourth-order valence-electron chi connectivity index (χ4n) is 3.89. The first kappa shape index (κ1) is 19.3. The molecule has 1 N–H and O–H groups in total. The molecule has 0 fully saturated rings. The Morgan fingerprint density at radius 2 is 1.66 bits per heavy atom. The van der Waals surface area contributed by atoms with Gasteiger partial charge in [0.15, 0.2) is 0 Å². The van der Waals surface area contributed by atoms with E-state index >= 15 is 0 Å². The number of hydrogen-bond donors (Lipinski definition) is 1. The van der Waals surface area contributed by atoms with Gasteiger partial charge in [0.2, 0.25) is 10.0 Å². The highest BCUT2D eigenvalue weighted by molar-refractivity contribution is 7.92. The summed E-state index contributed by atoms with van der Waals surface area (Å²) in [6.45, 7) is 0. The van der Waals surface area contributed by atoms with Crippen LogP contribution in [0.2, 0.25) is 0 Å². The molecule has 5 heteroatoms. The summed E-state index contributed by atoms with van der Waals surface area (Å²) in [6.07, 6.45) is 5.17. The summed E-state index contributed by atoms with van der Waals surface area (Å²) in [5, 5.41) is 0. The Morgan fingerprint density at radius 3 is 2.45 bits per heavy atom. The third-order valence-corrected chi connectivity index (χ3v) is 5.68. The lowest BCUT2D eigenvalue weighted by molar-refractivity contribution is 0.413. The van der Waals surface area contributed by atoms with Gasteiger partial charge in [-0.1, -0.05) is 48.5 Å². The van der Waals surface area contributed by atoms with Crippen molar-refractivity contribution >= 4 is 27.4 Å². The Kier molecular flexibility index (Phi) is 5.16. The number of nitrogens with one attached hydrogen (secondary N) is 1. The Bertz CT molecular complexity index is 1200. The first-order valence-corrected chi connectivity index (χ1v) is 11.4. The Labute approximate surface area is 171 Å². The normalized spacial score (nSPS) is 14.6. The van der Waals surface area contributed by atoms with Crippen LogP contribution in [-0.2, 0) is 22.9 Å². The molecular formula is C24H23NO3S. The van der Waals surface area contributed by atoms with Crippen LogP contribution in [0.1, 0.15) is 27.8 Å². The van der Waals surface area contributed by atoms with Gasteiger partial charge in [0.25, 0.3) is 0 Å². The van der Waals surface area contributed by atoms with Crippen LogP contribution in [0.5, 0.6) is 5.75 Å². The molecule has 3 aromatic rings. The number of aryl methyl sites for hydroxylation is 2. The monoisotopic (exact) mass is 405 g/mol. The molecule has 0 bridgehead atoms. The Hall–Kier alpha value is -3.05. The van der Waals surface area contributed by atoms with Crippen LogP contribution in [0.25, 0.3) is 11.6 Å². The van der Waals surface area contributed by atoms with Crippen molar-refractivity contribution < 1.29 is 13.2 Å². The molecular weight excluding hydrogens is 382 g/mol. The van der Waals surface area contributed by atoms with Gasteiger partial charge in [0.1, 0.15) is 5.75 Å². The van der Waals surface area contributed by atoms with Gasteiger partial charge in [-0.15, -0.1) is 0 Å². The molecule has 0 aliphatic heterocycles. The highest BCUT2D eigenvalue weighted by Crippen LogP contribution is 2.40. The van der Waals surface area contributed by atoms with Crippen LogP contribution in [-0.4, -0.2) is 21.8 Å². The first-order chi connectivity index (χ1) is 13.9. The molecule has 3 aromatic carbocycles. The fraction of sp³-hybridized carbons (Fsp3) is 0.167. The topological polar surface area (TPSA) is 55.4 Å². The molecule has 4 nitrogen and oxygen atoms in total. The SMILES string of the molecule is COc1cccc2c1C(=Cc1cccc(NS(C)(=O)=O)c1)c1ccccc1CC2. The molecule has 4 rings (SSSR count). The molecule has 1 aliphatic rings. The van der Waals surface area contributed by atoms with Gasteiger partial charge >= 0.3 is 0 Å². The summed E-state index contributed by atoms with van der Waals surface area (Å²) in [5.74, 6) is 0.843. The van der Waals surface area contributed by atoms with E-state index in [0.29, 0.717) is 5.69 Å². The summed E-state index contributed by atoms with van der Waals surface area (Å²) in [7, 11) is -1.64. The second-order valence-electron chi connectivity index (χ2n) is 7.21. The van der Waals surface area contributed by atoms with Crippen molar-refractivity contribution in [2.45, 2.75) is 12.8 Å². The van der Waals surface area contributed by atoms with Gasteiger partial charge in [0, 0.05) is 11.3 Å². The number of anilines is 1. The zero-order valence-corrected chi connectivity index (χ0v) is 17.3. The van der Waals surface area contributed by atoms with E-state index in [1.807, 2.05) is 30.3 Å². The van der Waals surface area contributed by atoms with Crippen molar-refractivity contribution in [1.82, 2.24) is 0 Å². The number of methoxy groups -OCH3 is 1. The Balaban J connectivity index is 1.92. The minimum absolute atomic E-state index is 0.545. The van der Waals surface area contributed by atoms with E-state index in [1.54, 1.807) is 13.2 Å². The van der Waals surface area contributed by atoms with E-state index in [2.05, 4.69) is 41.1 Å². The lowest BCUT2D eigenvalue weighted by atomic mass is 9.91. The van der Waals surface area contributed by atoms with Crippen LogP contribution >= 0.6 is 0 Å². The van der Waals surface area contributed by atoms with E-state index in [4.69, 9.17) is 4.74 Å². The molecule has 0 spiro atoms. The molecule has 0 aromatic heterocycles. The number of hydrogen-bond acceptors (Lipinski definition) is 3. The van der Waals surface area contributed by atoms with Gasteiger partial charge in [-0.3, -0.25) is 4.72 Å². The van der Waals surface area contributed by atoms with Gasteiger partial charge in [0.05, 0.1) is 13.4 Å². The average molecular weight is 406 g/mol. The summed E-state index contributed by atoms with van der Waals surface area (Å²) >= 11 is 0. The first-order valence-electron chi connectivity index (χ1n) is 9.49. The molecule has 0 radical (unpaired) electrons. The molecule has 0 saturated carbocycles. The molecule has 148 valence electrons. The number of sulfonamides is 1. The van der Waals surface area contributed by atoms with E-state index < -0.39 is 10.0 Å². The molecule has 0 amide bonds. The minimum Gasteiger partial charge on any atom is -0.496 e. The summed E-state index contributed by atoms with van der Waals surface area (Å²) in [5.41, 5.74) is 7.37. The molecule has 1 aliphatic carbocycles. The van der Waals surface area contributed by atoms with Crippen LogP contribution in [0, 0.1) is 0 Å². The standard InChI is InChI=1S/C24H23NO3S/c1-28-23-12-6-9-19-14-13-18-8-3-4-11-21(18)22(24(19)23)16-17-7-5-10-20(15-17)25-29(2,26)27/h3-12,15-16,25H,13-14H2,1-2H3. The molecule has 0 unspecified atom stereocenters. The van der Waals surface area contributed by atoms with Crippen molar-refractivity contribution in [2.75, 3.05) is 18.1 Å². The molecule has 0 atom stereocenters. The van der Waals surface area contributed by atoms with E-state index in [9.17, 15) is 8.42 Å². The maximum Gasteiger partial charge on any atom is 0.229 e. The average Bonchev–Trinajstić information content (AvgIpc) is 2.84. The van der Waals surface area contributed by atoms with Crippen molar-refractivity contribution in [3.05, 3.63) is 94.5 Å². The molecule has 0 saturated heterocycles. The lowest BCUT2D eigenvalue weighted by Gasteiger charge is -2.16. The molecule has 0 heterocycles. The number of fused-ring (bicyclic) bond motifs is 2. The van der Waals surface area contributed by atoms with E-state index in [0.717, 1.165) is 41.5 Å². The highest BCUT2D eigenvalue weighted by atomic mass is 32.2. The smallest absolute Gasteiger partial charge is 0.229 e. The second kappa shape index (κ2) is 7.76. The minimum atomic E-state index is -3.33. The number of ether oxygens (including phenoxy) is 1. The van der Waals surface area contributed by atoms with E-state index in [1.165, 1.54) is 16.7 Å². The largest absolute Gasteiger partial charge is 0.496 e. The number of rotatable bonds is 4. The zero-order valence-electron chi connectivity index (χ0n) is 16.5. The summed E-state index contributed by atoms with van der Waals surface area (Å²) in [4.78, 5) is 0. The van der Waals surface area contributed by atoms with Gasteiger partial charge in [-0.05, 0) is 64.9 Å². The van der Waals surface area contributed by atoms with Crippen LogP contribution in [0.4, 0.5) is 5.69 Å². The quantitative estimate of drug-likeness (QED) is 0.681. The van der Waals surface area contributed by atoms with Gasteiger partial charge in [-0.2, -0.15) is 0 Å². The molecule has 29 heavy (non-hydrogen) atoms. The predicted molar refractivity (Wildman–Crippen MR) is 119 cm³/mol.